The van der Waals surface area contributed by atoms with E-state index in [2.05, 4.69) is 4.98 Å². The molecule has 4 aromatic rings. The van der Waals surface area contributed by atoms with E-state index in [0.29, 0.717) is 16.9 Å². The predicted octanol–water partition coefficient (Wildman–Crippen LogP) is 4.87. The molecular weight excluding hydrogens is 428 g/mol. The molecule has 0 aliphatic carbocycles. The van der Waals surface area contributed by atoms with E-state index < -0.39 is 17.7 Å². The van der Waals surface area contributed by atoms with Crippen molar-refractivity contribution in [2.24, 2.45) is 0 Å². The Hall–Kier alpha value is -4.45. The minimum atomic E-state index is -0.809. The number of carbonyl (C=O) groups excluding carboxylic acids is 2. The van der Waals surface area contributed by atoms with Gasteiger partial charge in [-0.05, 0) is 40.6 Å². The lowest BCUT2D eigenvalue weighted by molar-refractivity contribution is -0.140. The van der Waals surface area contributed by atoms with Gasteiger partial charge in [-0.3, -0.25) is 14.6 Å². The maximum Gasteiger partial charge on any atom is 0.295 e. The average Bonchev–Trinajstić information content (AvgIpc) is 3.13. The van der Waals surface area contributed by atoms with Crippen LogP contribution in [0.4, 0.5) is 0 Å². The number of likely N-dealkylation sites (tertiary alicyclic amines) is 1. The van der Waals surface area contributed by atoms with Crippen molar-refractivity contribution in [3.8, 4) is 5.75 Å². The second-order valence-corrected chi connectivity index (χ2v) is 8.09. The number of fused-ring (bicyclic) bond motifs is 1. The molecule has 0 radical (unpaired) electrons. The van der Waals surface area contributed by atoms with Gasteiger partial charge in [0.25, 0.3) is 11.7 Å². The van der Waals surface area contributed by atoms with Crippen molar-refractivity contribution in [2.75, 3.05) is 7.11 Å². The fraction of sp³-hybridized carbons (Fsp3) is 0.107. The minimum Gasteiger partial charge on any atom is -0.507 e. The van der Waals surface area contributed by atoms with Crippen LogP contribution in [0.1, 0.15) is 22.7 Å². The van der Waals surface area contributed by atoms with Gasteiger partial charge in [-0.1, -0.05) is 54.6 Å². The van der Waals surface area contributed by atoms with E-state index in [0.717, 1.165) is 16.3 Å². The van der Waals surface area contributed by atoms with Gasteiger partial charge in [0.2, 0.25) is 0 Å². The average molecular weight is 450 g/mol. The molecule has 0 bridgehead atoms. The Labute approximate surface area is 196 Å². The van der Waals surface area contributed by atoms with Crippen LogP contribution in [0.2, 0.25) is 0 Å². The van der Waals surface area contributed by atoms with Gasteiger partial charge in [-0.15, -0.1) is 0 Å². The molecule has 1 saturated heterocycles. The number of rotatable bonds is 5. The Morgan fingerprint density at radius 1 is 0.941 bits per heavy atom. The summed E-state index contributed by atoms with van der Waals surface area (Å²) in [6, 6.07) is 23.2. The summed E-state index contributed by atoms with van der Waals surface area (Å²) >= 11 is 0. The van der Waals surface area contributed by atoms with Crippen molar-refractivity contribution >= 4 is 28.2 Å². The molecular formula is C28H22N2O4. The van der Waals surface area contributed by atoms with E-state index in [9.17, 15) is 14.7 Å². The van der Waals surface area contributed by atoms with Crippen LogP contribution in [0.25, 0.3) is 16.5 Å². The molecule has 34 heavy (non-hydrogen) atoms. The van der Waals surface area contributed by atoms with Crippen LogP contribution in [-0.2, 0) is 16.1 Å². The normalized spacial score (nSPS) is 17.3. The minimum absolute atomic E-state index is 0.0406. The molecule has 5 rings (SSSR count). The number of hydrogen-bond donors (Lipinski definition) is 1. The van der Waals surface area contributed by atoms with Gasteiger partial charge in [0, 0.05) is 30.1 Å². The number of para-hydroxylation sites is 1. The van der Waals surface area contributed by atoms with Crippen LogP contribution in [0.5, 0.6) is 5.75 Å². The number of carbonyl (C=O) groups is 2. The van der Waals surface area contributed by atoms with Gasteiger partial charge in [-0.25, -0.2) is 0 Å². The molecule has 0 saturated carbocycles. The number of hydrogen-bond acceptors (Lipinski definition) is 5. The first-order valence-corrected chi connectivity index (χ1v) is 10.9. The molecule has 1 aromatic heterocycles. The number of pyridine rings is 1. The molecule has 1 N–H and O–H groups in total. The molecule has 1 aliphatic heterocycles. The second kappa shape index (κ2) is 8.83. The Kier molecular flexibility index (Phi) is 5.55. The summed E-state index contributed by atoms with van der Waals surface area (Å²) in [6.45, 7) is 0.185. The monoisotopic (exact) mass is 450 g/mol. The second-order valence-electron chi connectivity index (χ2n) is 8.09. The van der Waals surface area contributed by atoms with Gasteiger partial charge in [-0.2, -0.15) is 0 Å². The van der Waals surface area contributed by atoms with Crippen molar-refractivity contribution in [3.05, 3.63) is 114 Å². The number of aliphatic hydroxyl groups is 1. The number of aliphatic hydroxyl groups excluding tert-OH is 1. The van der Waals surface area contributed by atoms with Crippen molar-refractivity contribution in [2.45, 2.75) is 12.6 Å². The Morgan fingerprint density at radius 3 is 2.41 bits per heavy atom. The third-order valence-electron chi connectivity index (χ3n) is 6.10. The van der Waals surface area contributed by atoms with Crippen LogP contribution in [-0.4, -0.2) is 33.8 Å². The number of ether oxygens (including phenoxy) is 1. The number of ketones is 1. The molecule has 6 heteroatoms. The first kappa shape index (κ1) is 21.4. The summed E-state index contributed by atoms with van der Waals surface area (Å²) in [7, 11) is 1.54. The summed E-state index contributed by atoms with van der Waals surface area (Å²) in [5.74, 6) is -1.08. The van der Waals surface area contributed by atoms with Crippen LogP contribution in [0.15, 0.2) is 96.8 Å². The largest absolute Gasteiger partial charge is 0.507 e. The lowest BCUT2D eigenvalue weighted by Gasteiger charge is -2.26. The Morgan fingerprint density at radius 2 is 1.65 bits per heavy atom. The number of nitrogens with zero attached hydrogens (tertiary/aromatic N) is 2. The standard InChI is InChI=1S/C28H22N2O4/c1-34-23-9-5-4-8-22(23)25-24(26(31)21-11-10-19-6-2-3-7-20(19)16-21)27(32)28(33)30(25)17-18-12-14-29-15-13-18/h2-16,25,31H,17H2,1H3/b26-24+. The van der Waals surface area contributed by atoms with Gasteiger partial charge in [0.15, 0.2) is 0 Å². The van der Waals surface area contributed by atoms with E-state index in [1.54, 1.807) is 36.7 Å². The van der Waals surface area contributed by atoms with E-state index in [1.165, 1.54) is 12.0 Å². The number of methoxy groups -OCH3 is 1. The third-order valence-corrected chi connectivity index (χ3v) is 6.10. The molecule has 1 atom stereocenters. The zero-order valence-corrected chi connectivity index (χ0v) is 18.5. The predicted molar refractivity (Wildman–Crippen MR) is 129 cm³/mol. The highest BCUT2D eigenvalue weighted by Gasteiger charge is 2.47. The fourth-order valence-electron chi connectivity index (χ4n) is 4.44. The number of aromatic nitrogens is 1. The molecule has 3 aromatic carbocycles. The SMILES string of the molecule is COc1ccccc1C1/C(=C(\O)c2ccc3ccccc3c2)C(=O)C(=O)N1Cc1ccncc1. The number of Topliss-reactive ketones (excluding diaryl/α,β-unsaturated/α-hetero) is 1. The van der Waals surface area contributed by atoms with Crippen molar-refractivity contribution in [1.29, 1.82) is 0 Å². The molecule has 1 fully saturated rings. The molecule has 2 heterocycles. The zero-order valence-electron chi connectivity index (χ0n) is 18.5. The molecule has 1 amide bonds. The van der Waals surface area contributed by atoms with E-state index in [4.69, 9.17) is 4.74 Å². The summed E-state index contributed by atoms with van der Waals surface area (Å²) in [5.41, 5.74) is 1.96. The summed E-state index contributed by atoms with van der Waals surface area (Å²) in [4.78, 5) is 32.0. The molecule has 6 nitrogen and oxygen atoms in total. The molecule has 1 unspecified atom stereocenters. The zero-order chi connectivity index (χ0) is 23.7. The lowest BCUT2D eigenvalue weighted by atomic mass is 9.94. The first-order chi connectivity index (χ1) is 16.6. The number of benzene rings is 3. The van der Waals surface area contributed by atoms with Gasteiger partial charge in [0.05, 0.1) is 18.7 Å². The lowest BCUT2D eigenvalue weighted by Crippen LogP contribution is -2.29. The highest BCUT2D eigenvalue weighted by atomic mass is 16.5. The molecule has 0 spiro atoms. The van der Waals surface area contributed by atoms with E-state index >= 15 is 0 Å². The number of amides is 1. The van der Waals surface area contributed by atoms with Crippen molar-refractivity contribution in [1.82, 2.24) is 9.88 Å². The summed E-state index contributed by atoms with van der Waals surface area (Å²) in [6.07, 6.45) is 3.28. The topological polar surface area (TPSA) is 79.7 Å². The Bertz CT molecular complexity index is 1430. The third kappa shape index (κ3) is 3.69. The maximum atomic E-state index is 13.3. The smallest absolute Gasteiger partial charge is 0.295 e. The quantitative estimate of drug-likeness (QED) is 0.267. The highest BCUT2D eigenvalue weighted by molar-refractivity contribution is 6.46. The van der Waals surface area contributed by atoms with Gasteiger partial charge < -0.3 is 14.7 Å². The van der Waals surface area contributed by atoms with Gasteiger partial charge in [0.1, 0.15) is 11.5 Å². The summed E-state index contributed by atoms with van der Waals surface area (Å²) < 4.78 is 5.55. The van der Waals surface area contributed by atoms with Crippen LogP contribution >= 0.6 is 0 Å². The molecule has 168 valence electrons. The van der Waals surface area contributed by atoms with Crippen molar-refractivity contribution < 1.29 is 19.4 Å². The highest BCUT2D eigenvalue weighted by Crippen LogP contribution is 2.43. The summed E-state index contributed by atoms with van der Waals surface area (Å²) in [5, 5.41) is 13.3. The van der Waals surface area contributed by atoms with Crippen molar-refractivity contribution in [3.63, 3.8) is 0 Å². The maximum absolute atomic E-state index is 13.3. The van der Waals surface area contributed by atoms with Gasteiger partial charge >= 0.3 is 0 Å². The first-order valence-electron chi connectivity index (χ1n) is 10.9. The van der Waals surface area contributed by atoms with Crippen LogP contribution < -0.4 is 4.74 Å². The molecule has 1 aliphatic rings. The van der Waals surface area contributed by atoms with Crippen LogP contribution in [0, 0.1) is 0 Å². The fourth-order valence-corrected chi connectivity index (χ4v) is 4.44. The van der Waals surface area contributed by atoms with E-state index in [-0.39, 0.29) is 17.9 Å². The van der Waals surface area contributed by atoms with E-state index in [1.807, 2.05) is 54.6 Å². The Balaban J connectivity index is 1.70. The van der Waals surface area contributed by atoms with Crippen LogP contribution in [0.3, 0.4) is 0 Å².